The van der Waals surface area contributed by atoms with Crippen molar-refractivity contribution < 1.29 is 36.2 Å². The first-order valence-electron chi connectivity index (χ1n) is 14.4. The highest BCUT2D eigenvalue weighted by atomic mass is 19.4. The van der Waals surface area contributed by atoms with Crippen molar-refractivity contribution in [1.82, 2.24) is 14.7 Å². The number of rotatable bonds is 7. The van der Waals surface area contributed by atoms with E-state index < -0.39 is 35.7 Å². The van der Waals surface area contributed by atoms with Crippen LogP contribution in [-0.2, 0) is 17.1 Å². The van der Waals surface area contributed by atoms with E-state index in [2.05, 4.69) is 9.80 Å². The Hall–Kier alpha value is -2.63. The summed E-state index contributed by atoms with van der Waals surface area (Å²) in [5.41, 5.74) is -0.480. The Bertz CT molecular complexity index is 1120. The lowest BCUT2D eigenvalue weighted by Crippen LogP contribution is -2.59. The maximum absolute atomic E-state index is 13.3. The fourth-order valence-electron chi connectivity index (χ4n) is 6.28. The second-order valence-electron chi connectivity index (χ2n) is 11.9. The van der Waals surface area contributed by atoms with E-state index in [9.17, 15) is 36.2 Å². The second-order valence-corrected chi connectivity index (χ2v) is 11.9. The maximum Gasteiger partial charge on any atom is 0.416 e. The Morgan fingerprint density at radius 2 is 1.31 bits per heavy atom. The normalized spacial score (nSPS) is 20.9. The maximum atomic E-state index is 13.3. The molecule has 0 bridgehead atoms. The van der Waals surface area contributed by atoms with Crippen molar-refractivity contribution in [3.8, 4) is 0 Å². The molecule has 2 aliphatic heterocycles. The van der Waals surface area contributed by atoms with Crippen LogP contribution in [0.3, 0.4) is 0 Å². The van der Waals surface area contributed by atoms with Crippen LogP contribution in [0.15, 0.2) is 48.5 Å². The minimum Gasteiger partial charge on any atom is -0.378 e. The Labute approximate surface area is 243 Å². The van der Waals surface area contributed by atoms with Crippen molar-refractivity contribution >= 4 is 5.91 Å². The molecule has 1 unspecified atom stereocenters. The number of carbonyl (C=O) groups excluding carboxylic acids is 1. The number of benzene rings is 2. The Balaban J connectivity index is 1.56. The van der Waals surface area contributed by atoms with Gasteiger partial charge in [0.05, 0.1) is 17.2 Å². The van der Waals surface area contributed by atoms with Gasteiger partial charge in [-0.3, -0.25) is 14.6 Å². The van der Waals surface area contributed by atoms with Crippen LogP contribution in [0.5, 0.6) is 0 Å². The van der Waals surface area contributed by atoms with Gasteiger partial charge in [0.15, 0.2) is 0 Å². The molecule has 232 valence electrons. The zero-order valence-electron chi connectivity index (χ0n) is 24.1. The Morgan fingerprint density at radius 3 is 1.71 bits per heavy atom. The fraction of sp³-hybridized carbons (Fsp3) is 0.581. The fourth-order valence-corrected chi connectivity index (χ4v) is 6.28. The smallest absolute Gasteiger partial charge is 0.378 e. The lowest BCUT2D eigenvalue weighted by atomic mass is 9.89. The monoisotopic (exact) mass is 599 g/mol. The van der Waals surface area contributed by atoms with Gasteiger partial charge in [0.1, 0.15) is 6.23 Å². The summed E-state index contributed by atoms with van der Waals surface area (Å²) in [7, 11) is 0. The number of likely N-dealkylation sites (tertiary alicyclic amines) is 1. The predicted molar refractivity (Wildman–Crippen MR) is 147 cm³/mol. The van der Waals surface area contributed by atoms with E-state index in [1.54, 1.807) is 6.92 Å². The number of halogens is 6. The van der Waals surface area contributed by atoms with Gasteiger partial charge in [-0.1, -0.05) is 38.1 Å². The van der Waals surface area contributed by atoms with Gasteiger partial charge in [-0.05, 0) is 66.5 Å². The van der Waals surface area contributed by atoms with Gasteiger partial charge < -0.3 is 10.0 Å². The number of alkyl halides is 6. The number of hydrogen-bond donors (Lipinski definition) is 1. The van der Waals surface area contributed by atoms with Gasteiger partial charge in [-0.25, -0.2) is 0 Å². The van der Waals surface area contributed by atoms with Crippen molar-refractivity contribution in [3.05, 3.63) is 70.8 Å². The van der Waals surface area contributed by atoms with Crippen LogP contribution in [0.1, 0.15) is 68.3 Å². The molecule has 0 radical (unpaired) electrons. The Kier molecular flexibility index (Phi) is 9.94. The number of piperidine rings is 1. The molecule has 0 aliphatic carbocycles. The van der Waals surface area contributed by atoms with Crippen LogP contribution >= 0.6 is 0 Å². The minimum atomic E-state index is -4.50. The van der Waals surface area contributed by atoms with E-state index in [0.29, 0.717) is 50.3 Å². The van der Waals surface area contributed by atoms with Crippen molar-refractivity contribution in [2.24, 2.45) is 11.8 Å². The van der Waals surface area contributed by atoms with E-state index in [1.807, 2.05) is 18.7 Å². The molecule has 2 aromatic carbocycles. The van der Waals surface area contributed by atoms with Gasteiger partial charge >= 0.3 is 12.4 Å². The van der Waals surface area contributed by atoms with E-state index in [-0.39, 0.29) is 23.8 Å². The molecule has 1 amide bonds. The third kappa shape index (κ3) is 7.65. The van der Waals surface area contributed by atoms with Gasteiger partial charge in [0.2, 0.25) is 5.91 Å². The highest BCUT2D eigenvalue weighted by molar-refractivity contribution is 5.73. The topological polar surface area (TPSA) is 47.0 Å². The molecule has 2 saturated heterocycles. The van der Waals surface area contributed by atoms with Gasteiger partial charge in [0.25, 0.3) is 0 Å². The van der Waals surface area contributed by atoms with E-state index in [1.165, 1.54) is 24.3 Å². The molecule has 42 heavy (non-hydrogen) atoms. The zero-order chi connectivity index (χ0) is 30.8. The molecule has 2 heterocycles. The Morgan fingerprint density at radius 1 is 0.833 bits per heavy atom. The molecule has 0 saturated carbocycles. The summed E-state index contributed by atoms with van der Waals surface area (Å²) in [6.45, 7) is 8.44. The molecule has 1 N–H and O–H groups in total. The van der Waals surface area contributed by atoms with Crippen LogP contribution < -0.4 is 0 Å². The van der Waals surface area contributed by atoms with Crippen molar-refractivity contribution in [2.75, 3.05) is 32.7 Å². The average Bonchev–Trinajstić information content (AvgIpc) is 2.93. The minimum absolute atomic E-state index is 0.0561. The van der Waals surface area contributed by atoms with E-state index in [4.69, 9.17) is 0 Å². The standard InChI is InChI=1S/C31H39F6N3O2/c1-20(2)27-19-39(16-17-40(27)28(42)18-22-12-14-38(15-13-22)21(3)41)29(23-4-8-25(9-5-23)30(32,33)34)24-6-10-26(11-7-24)31(35,36)37/h4-11,20,22,27-29,42H,12-19H2,1-3H3/t27-,28?/m1/s1. The van der Waals surface area contributed by atoms with Gasteiger partial charge in [-0.2, -0.15) is 26.3 Å². The SMILES string of the molecule is CC(=O)N1CCC(CC(O)N2CCN(C(c3ccc(C(F)(F)F)cc3)c3ccc(C(F)(F)F)cc3)C[C@@H]2C(C)C)CC1. The third-order valence-electron chi connectivity index (χ3n) is 8.72. The predicted octanol–water partition coefficient (Wildman–Crippen LogP) is 6.42. The number of piperazine rings is 1. The number of amides is 1. The van der Waals surface area contributed by atoms with Crippen LogP contribution in [0.4, 0.5) is 26.3 Å². The summed E-state index contributed by atoms with van der Waals surface area (Å²) < 4.78 is 79.6. The summed E-state index contributed by atoms with van der Waals surface area (Å²) in [4.78, 5) is 17.7. The van der Waals surface area contributed by atoms with Gasteiger partial charge in [-0.15, -0.1) is 0 Å². The number of aliphatic hydroxyl groups excluding tert-OH is 1. The highest BCUT2D eigenvalue weighted by Gasteiger charge is 2.38. The summed E-state index contributed by atoms with van der Waals surface area (Å²) in [6, 6.07) is 8.94. The first-order chi connectivity index (χ1) is 19.6. The van der Waals surface area contributed by atoms with Gasteiger partial charge in [0, 0.05) is 45.7 Å². The molecule has 0 spiro atoms. The van der Waals surface area contributed by atoms with Crippen LogP contribution in [0.25, 0.3) is 0 Å². The molecule has 2 fully saturated rings. The third-order valence-corrected chi connectivity index (χ3v) is 8.72. The van der Waals surface area contributed by atoms with Crippen molar-refractivity contribution in [2.45, 2.75) is 70.7 Å². The van der Waals surface area contributed by atoms with Crippen LogP contribution in [0.2, 0.25) is 0 Å². The van der Waals surface area contributed by atoms with E-state index >= 15 is 0 Å². The average molecular weight is 600 g/mol. The summed E-state index contributed by atoms with van der Waals surface area (Å²) >= 11 is 0. The van der Waals surface area contributed by atoms with Crippen molar-refractivity contribution in [3.63, 3.8) is 0 Å². The first kappa shape index (κ1) is 32.3. The quantitative estimate of drug-likeness (QED) is 0.373. The molecule has 0 aromatic heterocycles. The number of aliphatic hydroxyl groups is 1. The molecule has 2 aromatic rings. The lowest BCUT2D eigenvalue weighted by Gasteiger charge is -2.48. The molecule has 11 heteroatoms. The first-order valence-corrected chi connectivity index (χ1v) is 14.4. The summed E-state index contributed by atoms with van der Waals surface area (Å²) in [5.74, 6) is 0.469. The largest absolute Gasteiger partial charge is 0.416 e. The molecule has 4 rings (SSSR count). The van der Waals surface area contributed by atoms with Crippen LogP contribution in [-0.4, -0.2) is 70.7 Å². The van der Waals surface area contributed by atoms with Crippen molar-refractivity contribution in [1.29, 1.82) is 0 Å². The lowest BCUT2D eigenvalue weighted by molar-refractivity contribution is -0.138. The number of hydrogen-bond acceptors (Lipinski definition) is 4. The zero-order valence-corrected chi connectivity index (χ0v) is 24.1. The van der Waals surface area contributed by atoms with E-state index in [0.717, 1.165) is 37.1 Å². The molecule has 2 atom stereocenters. The number of carbonyl (C=O) groups is 1. The molecular weight excluding hydrogens is 560 g/mol. The molecular formula is C31H39F6N3O2. The molecule has 5 nitrogen and oxygen atoms in total. The summed E-state index contributed by atoms with van der Waals surface area (Å²) in [5, 5.41) is 11.3. The van der Waals surface area contributed by atoms with Crippen LogP contribution in [0, 0.1) is 11.8 Å². The highest BCUT2D eigenvalue weighted by Crippen LogP contribution is 2.37. The number of nitrogens with zero attached hydrogens (tertiary/aromatic N) is 3. The molecule has 2 aliphatic rings. The second kappa shape index (κ2) is 12.9. The summed E-state index contributed by atoms with van der Waals surface area (Å²) in [6.07, 6.45) is -7.47.